The third-order valence-corrected chi connectivity index (χ3v) is 7.61. The van der Waals surface area contributed by atoms with Gasteiger partial charge < -0.3 is 29.3 Å². The largest absolute Gasteiger partial charge is 0.491 e. The molecular formula is C29H38N4O8S. The number of aliphatic hydroxyl groups is 2. The van der Waals surface area contributed by atoms with Crippen LogP contribution in [-0.4, -0.2) is 108 Å². The van der Waals surface area contributed by atoms with Crippen LogP contribution in [0.15, 0.2) is 59.1 Å². The van der Waals surface area contributed by atoms with Crippen molar-refractivity contribution in [2.24, 2.45) is 4.36 Å². The molecule has 1 fully saturated rings. The Morgan fingerprint density at radius 3 is 2.81 bits per heavy atom. The molecule has 1 aliphatic heterocycles. The normalized spacial score (nSPS) is 16.9. The van der Waals surface area contributed by atoms with Crippen LogP contribution in [0.3, 0.4) is 0 Å². The van der Waals surface area contributed by atoms with Crippen molar-refractivity contribution >= 4 is 33.4 Å². The highest BCUT2D eigenvalue weighted by molar-refractivity contribution is 7.69. The molecule has 1 amide bonds. The number of hydrogen-bond acceptors (Lipinski definition) is 11. The monoisotopic (exact) mass is 602 g/mol. The topological polar surface area (TPSA) is 143 Å². The van der Waals surface area contributed by atoms with Gasteiger partial charge in [0, 0.05) is 38.3 Å². The lowest BCUT2D eigenvalue weighted by Gasteiger charge is -2.32. The van der Waals surface area contributed by atoms with Crippen LogP contribution in [0.2, 0.25) is 0 Å². The van der Waals surface area contributed by atoms with Gasteiger partial charge in [0.15, 0.2) is 17.5 Å². The summed E-state index contributed by atoms with van der Waals surface area (Å²) in [6.07, 6.45) is 1.90. The van der Waals surface area contributed by atoms with Gasteiger partial charge in [0.2, 0.25) is 0 Å². The van der Waals surface area contributed by atoms with Crippen LogP contribution in [0.1, 0.15) is 18.0 Å². The Balaban J connectivity index is 1.50. The molecule has 4 rings (SSSR count). The minimum atomic E-state index is -2.22. The SMILES string of the molecule is CO[SH](=O)=Nc1ccc(OCC(=O)N(C)C(CN2CC[C@H](O)C2)c2cccc(OCCOCCO)c2)c2cccnc12. The van der Waals surface area contributed by atoms with E-state index < -0.39 is 10.9 Å². The summed E-state index contributed by atoms with van der Waals surface area (Å²) in [4.78, 5) is 21.6. The smallest absolute Gasteiger partial charge is 0.260 e. The van der Waals surface area contributed by atoms with Crippen molar-refractivity contribution in [1.29, 1.82) is 0 Å². The second-order valence-electron chi connectivity index (χ2n) is 9.77. The molecule has 2 unspecified atom stereocenters. The van der Waals surface area contributed by atoms with Crippen LogP contribution in [-0.2, 0) is 24.6 Å². The molecule has 2 aromatic carbocycles. The van der Waals surface area contributed by atoms with E-state index in [4.69, 9.17) is 23.5 Å². The highest BCUT2D eigenvalue weighted by Gasteiger charge is 2.28. The van der Waals surface area contributed by atoms with E-state index in [0.29, 0.717) is 60.8 Å². The maximum Gasteiger partial charge on any atom is 0.260 e. The summed E-state index contributed by atoms with van der Waals surface area (Å²) >= 11 is 0. The fraction of sp³-hybridized carbons (Fsp3) is 0.448. The van der Waals surface area contributed by atoms with Crippen LogP contribution in [0.25, 0.3) is 10.9 Å². The third kappa shape index (κ3) is 8.60. The van der Waals surface area contributed by atoms with Crippen LogP contribution in [0.5, 0.6) is 11.5 Å². The van der Waals surface area contributed by atoms with E-state index in [9.17, 15) is 14.1 Å². The van der Waals surface area contributed by atoms with Gasteiger partial charge in [-0.3, -0.25) is 18.9 Å². The zero-order valence-electron chi connectivity index (χ0n) is 23.8. The first kappa shape index (κ1) is 31.6. The molecule has 1 aromatic heterocycles. The van der Waals surface area contributed by atoms with Gasteiger partial charge in [-0.25, -0.2) is 4.21 Å². The fourth-order valence-corrected chi connectivity index (χ4v) is 5.17. The zero-order chi connectivity index (χ0) is 29.9. The highest BCUT2D eigenvalue weighted by Crippen LogP contribution is 2.32. The van der Waals surface area contributed by atoms with E-state index in [-0.39, 0.29) is 37.9 Å². The molecule has 2 N–H and O–H groups in total. The number of ether oxygens (including phenoxy) is 3. The average Bonchev–Trinajstić information content (AvgIpc) is 3.43. The van der Waals surface area contributed by atoms with Crippen molar-refractivity contribution in [3.8, 4) is 11.5 Å². The summed E-state index contributed by atoms with van der Waals surface area (Å²) in [5.74, 6) is 0.851. The first-order valence-electron chi connectivity index (χ1n) is 13.7. The number of rotatable bonds is 15. The van der Waals surface area contributed by atoms with Gasteiger partial charge in [-0.15, -0.1) is 0 Å². The van der Waals surface area contributed by atoms with Crippen molar-refractivity contribution < 1.29 is 37.6 Å². The van der Waals surface area contributed by atoms with E-state index in [1.807, 2.05) is 24.3 Å². The molecule has 2 heterocycles. The Kier molecular flexibility index (Phi) is 11.9. The summed E-state index contributed by atoms with van der Waals surface area (Å²) in [5, 5.41) is 19.6. The van der Waals surface area contributed by atoms with Gasteiger partial charge in [0.05, 0.1) is 39.1 Å². The molecule has 0 radical (unpaired) electrons. The molecule has 0 saturated carbocycles. The van der Waals surface area contributed by atoms with Crippen molar-refractivity contribution in [2.45, 2.75) is 18.6 Å². The summed E-state index contributed by atoms with van der Waals surface area (Å²) in [7, 11) is 0.831. The number of carbonyl (C=O) groups is 1. The average molecular weight is 603 g/mol. The number of likely N-dealkylation sites (N-methyl/N-ethyl adjacent to an activating group) is 1. The molecule has 228 valence electrons. The molecule has 0 spiro atoms. The summed E-state index contributed by atoms with van der Waals surface area (Å²) in [6.45, 7) is 2.47. The molecule has 13 heteroatoms. The predicted octanol–water partition coefficient (Wildman–Crippen LogP) is 2.13. The molecule has 12 nitrogen and oxygen atoms in total. The summed E-state index contributed by atoms with van der Waals surface area (Å²) in [6, 6.07) is 14.1. The first-order chi connectivity index (χ1) is 20.4. The lowest BCUT2D eigenvalue weighted by atomic mass is 10.0. The summed E-state index contributed by atoms with van der Waals surface area (Å²) in [5.41, 5.74) is 1.77. The van der Waals surface area contributed by atoms with Gasteiger partial charge in [0.1, 0.15) is 29.3 Å². The Hall–Kier alpha value is -3.33. The van der Waals surface area contributed by atoms with Gasteiger partial charge in [-0.1, -0.05) is 12.1 Å². The Morgan fingerprint density at radius 1 is 1.19 bits per heavy atom. The molecule has 0 aliphatic carbocycles. The maximum atomic E-state index is 13.5. The number of likely N-dealkylation sites (tertiary alicyclic amines) is 1. The fourth-order valence-electron chi connectivity index (χ4n) is 4.75. The number of aromatic nitrogens is 1. The van der Waals surface area contributed by atoms with Crippen LogP contribution >= 0.6 is 0 Å². The van der Waals surface area contributed by atoms with E-state index in [0.717, 1.165) is 12.1 Å². The van der Waals surface area contributed by atoms with E-state index >= 15 is 0 Å². The molecule has 42 heavy (non-hydrogen) atoms. The van der Waals surface area contributed by atoms with Gasteiger partial charge in [0.25, 0.3) is 5.91 Å². The minimum Gasteiger partial charge on any atom is -0.491 e. The minimum absolute atomic E-state index is 0.0441. The number of hydrogen-bond donors (Lipinski definition) is 3. The van der Waals surface area contributed by atoms with Crippen molar-refractivity contribution in [3.63, 3.8) is 0 Å². The number of carbonyl (C=O) groups excluding carboxylic acids is 1. The Morgan fingerprint density at radius 2 is 2.05 bits per heavy atom. The standard InChI is InChI=1S/C29H38N4O8S/c1-32(28(36)20-41-27-9-8-25(31-42(37)38-2)29-24(27)7-4-11-30-29)26(19-33-12-10-22(35)18-33)21-5-3-6-23(17-21)40-16-15-39-14-13-34/h3-9,11,17,22,26,34-35,42H,10,12-16,18-20H2,1-2H3/t22-,26?/m0/s1. The first-order valence-corrected chi connectivity index (χ1v) is 14.8. The van der Waals surface area contributed by atoms with E-state index in [1.165, 1.54) is 7.11 Å². The van der Waals surface area contributed by atoms with Crippen molar-refractivity contribution in [3.05, 3.63) is 60.3 Å². The van der Waals surface area contributed by atoms with Gasteiger partial charge >= 0.3 is 0 Å². The number of nitrogens with zero attached hydrogens (tertiary/aromatic N) is 4. The van der Waals surface area contributed by atoms with Crippen LogP contribution in [0.4, 0.5) is 5.69 Å². The van der Waals surface area contributed by atoms with E-state index in [1.54, 1.807) is 42.4 Å². The predicted molar refractivity (Wildman–Crippen MR) is 158 cm³/mol. The maximum absolute atomic E-state index is 13.5. The second-order valence-corrected chi connectivity index (χ2v) is 10.8. The quantitative estimate of drug-likeness (QED) is 0.175. The number of benzene rings is 2. The molecular weight excluding hydrogens is 564 g/mol. The third-order valence-electron chi connectivity index (χ3n) is 6.92. The molecule has 0 bridgehead atoms. The number of pyridine rings is 1. The van der Waals surface area contributed by atoms with Crippen LogP contribution in [0, 0.1) is 0 Å². The lowest BCUT2D eigenvalue weighted by Crippen LogP contribution is -2.41. The molecule has 1 saturated heterocycles. The van der Waals surface area contributed by atoms with Crippen molar-refractivity contribution in [1.82, 2.24) is 14.8 Å². The lowest BCUT2D eigenvalue weighted by molar-refractivity contribution is -0.134. The van der Waals surface area contributed by atoms with E-state index in [2.05, 4.69) is 14.2 Å². The van der Waals surface area contributed by atoms with Gasteiger partial charge in [-0.05, 0) is 48.4 Å². The summed E-state index contributed by atoms with van der Waals surface area (Å²) < 4.78 is 37.8. The highest BCUT2D eigenvalue weighted by atomic mass is 32.2. The number of amides is 1. The molecule has 1 aliphatic rings. The second kappa shape index (κ2) is 15.8. The molecule has 3 aromatic rings. The molecule has 3 atom stereocenters. The zero-order valence-corrected chi connectivity index (χ0v) is 24.7. The number of thiol groups is 1. The van der Waals surface area contributed by atoms with Crippen LogP contribution < -0.4 is 9.47 Å². The number of aliphatic hydroxyl groups excluding tert-OH is 2. The van der Waals surface area contributed by atoms with Crippen molar-refractivity contribution in [2.75, 3.05) is 66.8 Å². The Bertz CT molecular complexity index is 1420. The Labute approximate surface area is 247 Å². The number of fused-ring (bicyclic) bond motifs is 1. The van der Waals surface area contributed by atoms with Gasteiger partial charge in [-0.2, -0.15) is 4.36 Å². The number of β-amino-alcohol motifs (C(OH)–C–C–N with tert-alkyl or cyclic N) is 1.